The van der Waals surface area contributed by atoms with Crippen LogP contribution < -0.4 is 5.32 Å². The summed E-state index contributed by atoms with van der Waals surface area (Å²) in [7, 11) is 0. The summed E-state index contributed by atoms with van der Waals surface area (Å²) in [6, 6.07) is -0.137. The van der Waals surface area contributed by atoms with Gasteiger partial charge in [0, 0.05) is 6.42 Å². The molecular weight excluding hydrogens is 138 g/mol. The van der Waals surface area contributed by atoms with E-state index in [0.29, 0.717) is 6.42 Å². The Morgan fingerprint density at radius 2 is 2.55 bits per heavy atom. The Morgan fingerprint density at radius 3 is 2.91 bits per heavy atom. The molecule has 60 valence electrons. The standard InChI is InChI=1S/C9H13NO/c1-4-7-9(11)10-8(5-2)6-3/h2,4,8H,1,6-7H2,3H3,(H,10,11). The zero-order valence-corrected chi connectivity index (χ0v) is 6.76. The fraction of sp³-hybridized carbons (Fsp3) is 0.444. The van der Waals surface area contributed by atoms with Gasteiger partial charge in [-0.15, -0.1) is 13.0 Å². The molecule has 0 bridgehead atoms. The third-order valence-electron chi connectivity index (χ3n) is 1.27. The molecule has 0 aliphatic rings. The molecule has 2 nitrogen and oxygen atoms in total. The van der Waals surface area contributed by atoms with Gasteiger partial charge in [0.05, 0.1) is 6.04 Å². The van der Waals surface area contributed by atoms with Crippen molar-refractivity contribution in [3.8, 4) is 12.3 Å². The van der Waals surface area contributed by atoms with E-state index in [9.17, 15) is 4.79 Å². The van der Waals surface area contributed by atoms with Crippen molar-refractivity contribution in [2.24, 2.45) is 0 Å². The van der Waals surface area contributed by atoms with Gasteiger partial charge in [0.15, 0.2) is 0 Å². The van der Waals surface area contributed by atoms with Crippen LogP contribution in [0.5, 0.6) is 0 Å². The quantitative estimate of drug-likeness (QED) is 0.473. The van der Waals surface area contributed by atoms with Crippen molar-refractivity contribution in [3.05, 3.63) is 12.7 Å². The monoisotopic (exact) mass is 151 g/mol. The molecule has 1 atom stereocenters. The second-order valence-corrected chi connectivity index (χ2v) is 2.19. The second kappa shape index (κ2) is 5.55. The molecule has 1 amide bonds. The number of rotatable bonds is 4. The zero-order valence-electron chi connectivity index (χ0n) is 6.76. The summed E-state index contributed by atoms with van der Waals surface area (Å²) in [4.78, 5) is 10.9. The van der Waals surface area contributed by atoms with E-state index in [1.165, 1.54) is 0 Å². The normalized spacial score (nSPS) is 11.3. The first kappa shape index (κ1) is 9.77. The lowest BCUT2D eigenvalue weighted by Gasteiger charge is -2.08. The molecule has 0 aromatic carbocycles. The highest BCUT2D eigenvalue weighted by Gasteiger charge is 2.03. The minimum Gasteiger partial charge on any atom is -0.342 e. The largest absolute Gasteiger partial charge is 0.342 e. The van der Waals surface area contributed by atoms with Crippen LogP contribution in [0.1, 0.15) is 19.8 Å². The zero-order chi connectivity index (χ0) is 8.69. The number of amides is 1. The molecule has 0 heterocycles. The lowest BCUT2D eigenvalue weighted by molar-refractivity contribution is -0.120. The fourth-order valence-corrected chi connectivity index (χ4v) is 0.646. The van der Waals surface area contributed by atoms with E-state index in [1.807, 2.05) is 6.92 Å². The van der Waals surface area contributed by atoms with E-state index < -0.39 is 0 Å². The first-order valence-corrected chi connectivity index (χ1v) is 3.61. The van der Waals surface area contributed by atoms with Gasteiger partial charge in [0.2, 0.25) is 5.91 Å². The van der Waals surface area contributed by atoms with Crippen LogP contribution in [0, 0.1) is 12.3 Å². The molecule has 0 radical (unpaired) electrons. The number of terminal acetylenes is 1. The molecule has 0 aromatic rings. The van der Waals surface area contributed by atoms with E-state index >= 15 is 0 Å². The summed E-state index contributed by atoms with van der Waals surface area (Å²) >= 11 is 0. The third kappa shape index (κ3) is 4.21. The maximum Gasteiger partial charge on any atom is 0.224 e. The molecule has 0 aromatic heterocycles. The maximum atomic E-state index is 10.9. The van der Waals surface area contributed by atoms with Crippen LogP contribution in [-0.4, -0.2) is 11.9 Å². The Morgan fingerprint density at radius 1 is 1.91 bits per heavy atom. The summed E-state index contributed by atoms with van der Waals surface area (Å²) in [6.45, 7) is 5.38. The van der Waals surface area contributed by atoms with Crippen LogP contribution in [0.2, 0.25) is 0 Å². The Kier molecular flexibility index (Phi) is 4.93. The first-order chi connectivity index (χ1) is 5.24. The summed E-state index contributed by atoms with van der Waals surface area (Å²) in [5.74, 6) is 2.41. The molecule has 0 saturated heterocycles. The molecule has 0 aliphatic carbocycles. The van der Waals surface area contributed by atoms with Gasteiger partial charge in [0.1, 0.15) is 0 Å². The van der Waals surface area contributed by atoms with E-state index in [1.54, 1.807) is 6.08 Å². The van der Waals surface area contributed by atoms with E-state index in [-0.39, 0.29) is 11.9 Å². The summed E-state index contributed by atoms with van der Waals surface area (Å²) in [5.41, 5.74) is 0. The minimum atomic E-state index is -0.137. The summed E-state index contributed by atoms with van der Waals surface area (Å²) in [5, 5.41) is 2.67. The molecule has 1 N–H and O–H groups in total. The molecule has 0 fully saturated rings. The van der Waals surface area contributed by atoms with Crippen molar-refractivity contribution in [2.75, 3.05) is 0 Å². The highest BCUT2D eigenvalue weighted by molar-refractivity contribution is 5.77. The maximum absolute atomic E-state index is 10.9. The van der Waals surface area contributed by atoms with Gasteiger partial charge in [-0.3, -0.25) is 4.79 Å². The molecular formula is C9H13NO. The van der Waals surface area contributed by atoms with Crippen molar-refractivity contribution < 1.29 is 4.79 Å². The lowest BCUT2D eigenvalue weighted by Crippen LogP contribution is -2.32. The summed E-state index contributed by atoms with van der Waals surface area (Å²) < 4.78 is 0. The van der Waals surface area contributed by atoms with Gasteiger partial charge < -0.3 is 5.32 Å². The van der Waals surface area contributed by atoms with Gasteiger partial charge in [-0.25, -0.2) is 0 Å². The Hall–Kier alpha value is -1.23. The summed E-state index contributed by atoms with van der Waals surface area (Å²) in [6.07, 6.45) is 7.79. The van der Waals surface area contributed by atoms with Crippen molar-refractivity contribution in [1.29, 1.82) is 0 Å². The van der Waals surface area contributed by atoms with Crippen molar-refractivity contribution in [1.82, 2.24) is 5.32 Å². The average molecular weight is 151 g/mol. The average Bonchev–Trinajstić information content (AvgIpc) is 2.01. The van der Waals surface area contributed by atoms with Gasteiger partial charge in [-0.05, 0) is 6.42 Å². The van der Waals surface area contributed by atoms with Crippen LogP contribution in [0.15, 0.2) is 12.7 Å². The topological polar surface area (TPSA) is 29.1 Å². The number of hydrogen-bond acceptors (Lipinski definition) is 1. The highest BCUT2D eigenvalue weighted by Crippen LogP contribution is 1.89. The van der Waals surface area contributed by atoms with Crippen LogP contribution in [0.3, 0.4) is 0 Å². The van der Waals surface area contributed by atoms with Crippen molar-refractivity contribution >= 4 is 5.91 Å². The van der Waals surface area contributed by atoms with E-state index in [4.69, 9.17) is 6.42 Å². The van der Waals surface area contributed by atoms with Gasteiger partial charge >= 0.3 is 0 Å². The number of carbonyl (C=O) groups is 1. The molecule has 2 heteroatoms. The number of nitrogens with one attached hydrogen (secondary N) is 1. The smallest absolute Gasteiger partial charge is 0.224 e. The second-order valence-electron chi connectivity index (χ2n) is 2.19. The lowest BCUT2D eigenvalue weighted by atomic mass is 10.2. The molecule has 0 spiro atoms. The van der Waals surface area contributed by atoms with Gasteiger partial charge in [-0.1, -0.05) is 18.9 Å². The molecule has 0 saturated carbocycles. The molecule has 1 unspecified atom stereocenters. The van der Waals surface area contributed by atoms with Crippen molar-refractivity contribution in [3.63, 3.8) is 0 Å². The predicted octanol–water partition coefficient (Wildman–Crippen LogP) is 1.09. The fourth-order valence-electron chi connectivity index (χ4n) is 0.646. The molecule has 0 rings (SSSR count). The van der Waals surface area contributed by atoms with Crippen molar-refractivity contribution in [2.45, 2.75) is 25.8 Å². The Balaban J connectivity index is 3.73. The Labute approximate surface area is 67.7 Å². The minimum absolute atomic E-state index is 0.0650. The van der Waals surface area contributed by atoms with Crippen LogP contribution in [0.25, 0.3) is 0 Å². The third-order valence-corrected chi connectivity index (χ3v) is 1.27. The first-order valence-electron chi connectivity index (χ1n) is 3.61. The predicted molar refractivity (Wildman–Crippen MR) is 45.9 cm³/mol. The van der Waals surface area contributed by atoms with Gasteiger partial charge in [-0.2, -0.15) is 0 Å². The SMILES string of the molecule is C#CC(CC)NC(=O)CC=C. The van der Waals surface area contributed by atoms with E-state index in [2.05, 4.69) is 17.8 Å². The highest BCUT2D eigenvalue weighted by atomic mass is 16.1. The van der Waals surface area contributed by atoms with Crippen LogP contribution in [0.4, 0.5) is 0 Å². The van der Waals surface area contributed by atoms with E-state index in [0.717, 1.165) is 6.42 Å². The van der Waals surface area contributed by atoms with Crippen LogP contribution >= 0.6 is 0 Å². The van der Waals surface area contributed by atoms with Crippen LogP contribution in [-0.2, 0) is 4.79 Å². The Bertz CT molecular complexity index is 178. The number of hydrogen-bond donors (Lipinski definition) is 1. The van der Waals surface area contributed by atoms with Gasteiger partial charge in [0.25, 0.3) is 0 Å². The molecule has 11 heavy (non-hydrogen) atoms. The number of carbonyl (C=O) groups excluding carboxylic acids is 1. The molecule has 0 aliphatic heterocycles.